The molecule has 7 heteroatoms. The van der Waals surface area contributed by atoms with Crippen molar-refractivity contribution in [2.75, 3.05) is 5.73 Å². The Kier molecular flexibility index (Phi) is 3.53. The molecule has 2 aromatic carbocycles. The maximum absolute atomic E-state index is 6.24. The van der Waals surface area contributed by atoms with Crippen molar-refractivity contribution in [2.24, 2.45) is 0 Å². The summed E-state index contributed by atoms with van der Waals surface area (Å²) in [4.78, 5) is 0. The predicted octanol–water partition coefficient (Wildman–Crippen LogP) is 3.53. The van der Waals surface area contributed by atoms with Crippen molar-refractivity contribution in [3.8, 4) is 17.1 Å². The molecule has 1 heterocycles. The minimum Gasteiger partial charge on any atom is -0.398 e. The van der Waals surface area contributed by atoms with Crippen LogP contribution in [0.1, 0.15) is 5.56 Å². The fourth-order valence-electron chi connectivity index (χ4n) is 2.16. The van der Waals surface area contributed by atoms with Crippen LogP contribution < -0.4 is 5.73 Å². The zero-order valence-electron chi connectivity index (χ0n) is 11.1. The van der Waals surface area contributed by atoms with E-state index in [9.17, 15) is 0 Å². The van der Waals surface area contributed by atoms with Crippen LogP contribution in [0.25, 0.3) is 17.1 Å². The van der Waals surface area contributed by atoms with Crippen LogP contribution in [-0.2, 0) is 0 Å². The van der Waals surface area contributed by atoms with Gasteiger partial charge in [-0.25, -0.2) is 0 Å². The molecule has 0 unspecified atom stereocenters. The van der Waals surface area contributed by atoms with Gasteiger partial charge in [-0.3, -0.25) is 0 Å². The number of nitrogens with zero attached hydrogens (tertiary/aromatic N) is 4. The van der Waals surface area contributed by atoms with E-state index < -0.39 is 0 Å². The Bertz CT molecular complexity index is 793. The molecule has 1 aromatic heterocycles. The van der Waals surface area contributed by atoms with Crippen LogP contribution in [0.3, 0.4) is 0 Å². The normalized spacial score (nSPS) is 10.8. The van der Waals surface area contributed by atoms with Crippen molar-refractivity contribution in [3.05, 3.63) is 52.0 Å². The minimum absolute atomic E-state index is 0.389. The standard InChI is InChI=1S/C14H11Cl2N5/c1-8-4-2-6-10(17)12(8)14-18-19-20-21(14)11-7-3-5-9(15)13(11)16/h2-7H,17H2,1H3. The molecule has 21 heavy (non-hydrogen) atoms. The molecule has 106 valence electrons. The molecule has 0 fully saturated rings. The van der Waals surface area contributed by atoms with E-state index in [4.69, 9.17) is 28.9 Å². The lowest BCUT2D eigenvalue weighted by Gasteiger charge is -2.11. The summed E-state index contributed by atoms with van der Waals surface area (Å²) in [6, 6.07) is 10.9. The zero-order chi connectivity index (χ0) is 15.0. The smallest absolute Gasteiger partial charge is 0.189 e. The molecule has 0 atom stereocenters. The van der Waals surface area contributed by atoms with E-state index in [0.717, 1.165) is 11.1 Å². The fourth-order valence-corrected chi connectivity index (χ4v) is 2.53. The van der Waals surface area contributed by atoms with E-state index in [2.05, 4.69) is 15.5 Å². The molecule has 0 saturated carbocycles. The van der Waals surface area contributed by atoms with Gasteiger partial charge in [0.2, 0.25) is 0 Å². The van der Waals surface area contributed by atoms with Crippen molar-refractivity contribution >= 4 is 28.9 Å². The largest absolute Gasteiger partial charge is 0.398 e. The van der Waals surface area contributed by atoms with E-state index >= 15 is 0 Å². The minimum atomic E-state index is 0.389. The number of aryl methyl sites for hydroxylation is 1. The number of hydrogen-bond acceptors (Lipinski definition) is 4. The molecule has 0 amide bonds. The van der Waals surface area contributed by atoms with Gasteiger partial charge in [0.15, 0.2) is 5.82 Å². The topological polar surface area (TPSA) is 69.6 Å². The number of tetrazole rings is 1. The fraction of sp³-hybridized carbons (Fsp3) is 0.0714. The third-order valence-corrected chi connectivity index (χ3v) is 3.97. The summed E-state index contributed by atoms with van der Waals surface area (Å²) >= 11 is 12.3. The Balaban J connectivity index is 2.25. The Morgan fingerprint density at radius 3 is 2.62 bits per heavy atom. The maximum atomic E-state index is 6.24. The van der Waals surface area contributed by atoms with Gasteiger partial charge in [0.05, 0.1) is 15.7 Å². The van der Waals surface area contributed by atoms with E-state index in [-0.39, 0.29) is 0 Å². The highest BCUT2D eigenvalue weighted by atomic mass is 35.5. The van der Waals surface area contributed by atoms with Crippen LogP contribution in [0.5, 0.6) is 0 Å². The monoisotopic (exact) mass is 319 g/mol. The van der Waals surface area contributed by atoms with Gasteiger partial charge in [-0.15, -0.1) is 5.10 Å². The number of aromatic nitrogens is 4. The van der Waals surface area contributed by atoms with E-state index in [1.165, 1.54) is 4.68 Å². The number of nitrogens with two attached hydrogens (primary N) is 1. The number of halogens is 2. The molecule has 3 aromatic rings. The van der Waals surface area contributed by atoms with Gasteiger partial charge in [-0.1, -0.05) is 41.4 Å². The molecule has 0 aliphatic heterocycles. The van der Waals surface area contributed by atoms with Crippen molar-refractivity contribution in [1.82, 2.24) is 20.2 Å². The van der Waals surface area contributed by atoms with Gasteiger partial charge in [-0.2, -0.15) is 4.68 Å². The van der Waals surface area contributed by atoms with Crippen LogP contribution in [0.4, 0.5) is 5.69 Å². The molecule has 0 aliphatic rings. The second-order valence-electron chi connectivity index (χ2n) is 4.53. The molecule has 5 nitrogen and oxygen atoms in total. The van der Waals surface area contributed by atoms with Gasteiger partial charge in [-0.05, 0) is 41.1 Å². The number of anilines is 1. The summed E-state index contributed by atoms with van der Waals surface area (Å²) < 4.78 is 1.53. The van der Waals surface area contributed by atoms with Gasteiger partial charge < -0.3 is 5.73 Å². The molecule has 3 rings (SSSR count). The van der Waals surface area contributed by atoms with Crippen LogP contribution >= 0.6 is 23.2 Å². The third kappa shape index (κ3) is 2.34. The van der Waals surface area contributed by atoms with Gasteiger partial charge >= 0.3 is 0 Å². The van der Waals surface area contributed by atoms with Gasteiger partial charge in [0.25, 0.3) is 0 Å². The Morgan fingerprint density at radius 1 is 1.10 bits per heavy atom. The first-order valence-corrected chi connectivity index (χ1v) is 6.93. The molecular weight excluding hydrogens is 309 g/mol. The van der Waals surface area contributed by atoms with Crippen LogP contribution in [-0.4, -0.2) is 20.2 Å². The second kappa shape index (κ2) is 5.35. The third-order valence-electron chi connectivity index (χ3n) is 3.16. The van der Waals surface area contributed by atoms with E-state index in [1.54, 1.807) is 24.3 Å². The Morgan fingerprint density at radius 2 is 1.86 bits per heavy atom. The van der Waals surface area contributed by atoms with Crippen LogP contribution in [0.15, 0.2) is 36.4 Å². The first kappa shape index (κ1) is 13.9. The van der Waals surface area contributed by atoms with E-state index in [0.29, 0.717) is 27.2 Å². The summed E-state index contributed by atoms with van der Waals surface area (Å²) in [5.41, 5.74) is 9.02. The Hall–Kier alpha value is -2.11. The summed E-state index contributed by atoms with van der Waals surface area (Å²) in [6.45, 7) is 1.95. The summed E-state index contributed by atoms with van der Waals surface area (Å²) in [5, 5.41) is 12.6. The lowest BCUT2D eigenvalue weighted by Crippen LogP contribution is -2.03. The molecule has 0 radical (unpaired) electrons. The summed E-state index contributed by atoms with van der Waals surface area (Å²) in [5.74, 6) is 0.523. The van der Waals surface area contributed by atoms with Crippen molar-refractivity contribution in [2.45, 2.75) is 6.92 Å². The van der Waals surface area contributed by atoms with Crippen LogP contribution in [0, 0.1) is 6.92 Å². The van der Waals surface area contributed by atoms with Crippen molar-refractivity contribution < 1.29 is 0 Å². The summed E-state index contributed by atoms with van der Waals surface area (Å²) in [6.07, 6.45) is 0. The second-order valence-corrected chi connectivity index (χ2v) is 5.31. The molecule has 0 spiro atoms. The lowest BCUT2D eigenvalue weighted by molar-refractivity contribution is 0.791. The lowest BCUT2D eigenvalue weighted by atomic mass is 10.1. The molecular formula is C14H11Cl2N5. The Labute approximate surface area is 131 Å². The number of hydrogen-bond donors (Lipinski definition) is 1. The average molecular weight is 320 g/mol. The van der Waals surface area contributed by atoms with Gasteiger partial charge in [0, 0.05) is 11.3 Å². The number of nitrogen functional groups attached to an aromatic ring is 1. The average Bonchev–Trinajstić information content (AvgIpc) is 2.91. The zero-order valence-corrected chi connectivity index (χ0v) is 12.6. The molecule has 0 bridgehead atoms. The van der Waals surface area contributed by atoms with Gasteiger partial charge in [0.1, 0.15) is 0 Å². The summed E-state index contributed by atoms with van der Waals surface area (Å²) in [7, 11) is 0. The first-order chi connectivity index (χ1) is 10.1. The molecule has 2 N–H and O–H groups in total. The predicted molar refractivity (Wildman–Crippen MR) is 83.8 cm³/mol. The highest BCUT2D eigenvalue weighted by Crippen LogP contribution is 2.33. The first-order valence-electron chi connectivity index (χ1n) is 6.18. The highest BCUT2D eigenvalue weighted by Gasteiger charge is 2.18. The highest BCUT2D eigenvalue weighted by molar-refractivity contribution is 6.43. The quantitative estimate of drug-likeness (QED) is 0.733. The van der Waals surface area contributed by atoms with E-state index in [1.807, 2.05) is 19.1 Å². The van der Waals surface area contributed by atoms with Crippen molar-refractivity contribution in [3.63, 3.8) is 0 Å². The van der Waals surface area contributed by atoms with Crippen molar-refractivity contribution in [1.29, 1.82) is 0 Å². The molecule has 0 aliphatic carbocycles. The maximum Gasteiger partial charge on any atom is 0.189 e. The van der Waals surface area contributed by atoms with Crippen LogP contribution in [0.2, 0.25) is 10.0 Å². The molecule has 0 saturated heterocycles. The SMILES string of the molecule is Cc1cccc(N)c1-c1nnnn1-c1cccc(Cl)c1Cl. The number of rotatable bonds is 2. The number of benzene rings is 2.